The van der Waals surface area contributed by atoms with E-state index < -0.39 is 5.97 Å². The van der Waals surface area contributed by atoms with E-state index >= 15 is 0 Å². The van der Waals surface area contributed by atoms with Crippen molar-refractivity contribution in [1.29, 1.82) is 0 Å². The summed E-state index contributed by atoms with van der Waals surface area (Å²) in [4.78, 5) is 29.3. The molecular formula is C46H51NO7. The van der Waals surface area contributed by atoms with Crippen molar-refractivity contribution in [3.05, 3.63) is 108 Å². The molecule has 8 heteroatoms. The van der Waals surface area contributed by atoms with E-state index in [9.17, 15) is 9.59 Å². The highest BCUT2D eigenvalue weighted by Gasteiger charge is 2.22. The fourth-order valence-electron chi connectivity index (χ4n) is 6.77. The van der Waals surface area contributed by atoms with Crippen LogP contribution in [-0.2, 0) is 9.47 Å². The summed E-state index contributed by atoms with van der Waals surface area (Å²) >= 11 is 0. The van der Waals surface area contributed by atoms with Gasteiger partial charge in [-0.15, -0.1) is 0 Å². The van der Waals surface area contributed by atoms with Crippen LogP contribution in [0.25, 0.3) is 21.5 Å². The van der Waals surface area contributed by atoms with Crippen molar-refractivity contribution in [3.63, 3.8) is 0 Å². The zero-order valence-electron chi connectivity index (χ0n) is 31.3. The summed E-state index contributed by atoms with van der Waals surface area (Å²) in [5, 5.41) is 3.91. The molecule has 5 aromatic carbocycles. The van der Waals surface area contributed by atoms with E-state index in [1.54, 1.807) is 23.1 Å². The summed E-state index contributed by atoms with van der Waals surface area (Å²) < 4.78 is 28.4. The average Bonchev–Trinajstić information content (AvgIpc) is 4.14. The number of amides is 1. The molecule has 0 bridgehead atoms. The van der Waals surface area contributed by atoms with Crippen LogP contribution in [0.3, 0.4) is 0 Å². The Labute approximate surface area is 318 Å². The monoisotopic (exact) mass is 729 g/mol. The van der Waals surface area contributed by atoms with E-state index in [4.69, 9.17) is 23.7 Å². The second-order valence-corrected chi connectivity index (χ2v) is 14.5. The van der Waals surface area contributed by atoms with Crippen molar-refractivity contribution in [1.82, 2.24) is 0 Å². The Hall–Kier alpha value is -4.92. The number of esters is 1. The van der Waals surface area contributed by atoms with E-state index in [-0.39, 0.29) is 5.91 Å². The predicted octanol–water partition coefficient (Wildman–Crippen LogP) is 10.3. The van der Waals surface area contributed by atoms with Gasteiger partial charge < -0.3 is 28.6 Å². The number of fused-ring (bicyclic) bond motifs is 2. The summed E-state index contributed by atoms with van der Waals surface area (Å²) in [5.74, 6) is 1.48. The van der Waals surface area contributed by atoms with Gasteiger partial charge in [-0.2, -0.15) is 0 Å². The number of hydrogen-bond donors (Lipinski definition) is 0. The topological polar surface area (TPSA) is 90.1 Å². The molecule has 2 saturated heterocycles. The van der Waals surface area contributed by atoms with Gasteiger partial charge in [0, 0.05) is 23.9 Å². The van der Waals surface area contributed by atoms with Crippen molar-refractivity contribution in [2.45, 2.75) is 83.3 Å². The van der Waals surface area contributed by atoms with Crippen LogP contribution in [0.4, 0.5) is 5.69 Å². The minimum atomic E-state index is -0.458. The largest absolute Gasteiger partial charge is 0.494 e. The van der Waals surface area contributed by atoms with Crippen LogP contribution in [0.1, 0.15) is 91.8 Å². The Morgan fingerprint density at radius 3 is 1.80 bits per heavy atom. The summed E-state index contributed by atoms with van der Waals surface area (Å²) in [7, 11) is 0. The minimum absolute atomic E-state index is 0.0948. The summed E-state index contributed by atoms with van der Waals surface area (Å²) in [5.41, 5.74) is 1.74. The Balaban J connectivity index is 0.996. The third-order valence-electron chi connectivity index (χ3n) is 10.1. The summed E-state index contributed by atoms with van der Waals surface area (Å²) in [6.45, 7) is 5.87. The van der Waals surface area contributed by atoms with Gasteiger partial charge in [0.25, 0.3) is 5.91 Å². The molecular weight excluding hydrogens is 679 g/mol. The number of carbonyl (C=O) groups is 2. The van der Waals surface area contributed by atoms with E-state index in [0.29, 0.717) is 54.5 Å². The lowest BCUT2D eigenvalue weighted by Crippen LogP contribution is -2.32. The molecule has 2 aliphatic heterocycles. The van der Waals surface area contributed by atoms with Gasteiger partial charge in [0.15, 0.2) is 0 Å². The molecule has 2 fully saturated rings. The first-order valence-electron chi connectivity index (χ1n) is 19.7. The molecule has 2 atom stereocenters. The lowest BCUT2D eigenvalue weighted by Gasteiger charge is -2.24. The first-order valence-corrected chi connectivity index (χ1v) is 19.7. The van der Waals surface area contributed by atoms with Gasteiger partial charge in [-0.3, -0.25) is 4.79 Å². The number of nitrogens with zero attached hydrogens (tertiary/aromatic N) is 1. The van der Waals surface area contributed by atoms with Crippen molar-refractivity contribution < 1.29 is 33.3 Å². The van der Waals surface area contributed by atoms with Crippen molar-refractivity contribution in [2.75, 3.05) is 37.9 Å². The highest BCUT2D eigenvalue weighted by atomic mass is 16.6. The fourth-order valence-corrected chi connectivity index (χ4v) is 6.77. The number of benzene rings is 5. The van der Waals surface area contributed by atoms with E-state index in [0.717, 1.165) is 110 Å². The van der Waals surface area contributed by atoms with Crippen LogP contribution in [0.2, 0.25) is 0 Å². The van der Waals surface area contributed by atoms with Crippen LogP contribution < -0.4 is 19.1 Å². The number of rotatable bonds is 21. The maximum atomic E-state index is 14.2. The predicted molar refractivity (Wildman–Crippen MR) is 213 cm³/mol. The number of anilines is 1. The second kappa shape index (κ2) is 18.4. The molecule has 0 aromatic heterocycles. The van der Waals surface area contributed by atoms with Crippen LogP contribution in [0.5, 0.6) is 17.2 Å². The third kappa shape index (κ3) is 10.6. The van der Waals surface area contributed by atoms with Gasteiger partial charge in [-0.1, -0.05) is 56.5 Å². The Kier molecular flexibility index (Phi) is 12.8. The number of carbonyl (C=O) groups excluding carboxylic acids is 2. The molecule has 7 rings (SSSR count). The lowest BCUT2D eigenvalue weighted by atomic mass is 10.0. The Bertz CT molecular complexity index is 2040. The fraction of sp³-hybridized carbons (Fsp3) is 0.391. The van der Waals surface area contributed by atoms with Gasteiger partial charge >= 0.3 is 5.97 Å². The molecule has 2 aliphatic rings. The molecule has 8 nitrogen and oxygen atoms in total. The highest BCUT2D eigenvalue weighted by molar-refractivity contribution is 6.08. The van der Waals surface area contributed by atoms with Crippen molar-refractivity contribution in [3.8, 4) is 17.2 Å². The molecule has 5 aromatic rings. The Morgan fingerprint density at radius 2 is 1.19 bits per heavy atom. The second-order valence-electron chi connectivity index (χ2n) is 14.5. The summed E-state index contributed by atoms with van der Waals surface area (Å²) in [6, 6.07) is 30.5. The van der Waals surface area contributed by atoms with Gasteiger partial charge in [-0.25, -0.2) is 4.79 Å². The number of epoxide rings is 2. The smallest absolute Gasteiger partial charge is 0.343 e. The molecule has 0 radical (unpaired) electrons. The van der Waals surface area contributed by atoms with E-state index in [1.807, 2.05) is 78.9 Å². The number of hydrogen-bond acceptors (Lipinski definition) is 7. The van der Waals surface area contributed by atoms with Gasteiger partial charge in [0.2, 0.25) is 0 Å². The lowest BCUT2D eigenvalue weighted by molar-refractivity contribution is 0.0735. The zero-order chi connectivity index (χ0) is 37.1. The first kappa shape index (κ1) is 37.4. The van der Waals surface area contributed by atoms with Crippen LogP contribution >= 0.6 is 0 Å². The first-order chi connectivity index (χ1) is 26.5. The van der Waals surface area contributed by atoms with E-state index in [2.05, 4.69) is 6.92 Å². The standard InChI is InChI=1S/C46H51NO7/c1-2-3-4-7-23-47(45(48)37-17-15-35-28-40(21-19-33(35)26-37)50-24-8-5-12-43-31-52-43)39-11-10-14-42(30-39)54-46(49)38-18-16-36-29-41(22-20-34(36)27-38)51-25-9-6-13-44-32-53-44/h10-11,14-22,26-30,43-44H,2-9,12-13,23-25,31-32H2,1H3. The highest BCUT2D eigenvalue weighted by Crippen LogP contribution is 2.29. The van der Waals surface area contributed by atoms with Crippen molar-refractivity contribution in [2.24, 2.45) is 0 Å². The maximum Gasteiger partial charge on any atom is 0.343 e. The normalized spacial score (nSPS) is 15.9. The molecule has 0 N–H and O–H groups in total. The van der Waals surface area contributed by atoms with Gasteiger partial charge in [-0.05, 0) is 127 Å². The number of ether oxygens (including phenoxy) is 5. The van der Waals surface area contributed by atoms with E-state index in [1.165, 1.54) is 0 Å². The molecule has 0 spiro atoms. The minimum Gasteiger partial charge on any atom is -0.494 e. The maximum absolute atomic E-state index is 14.2. The molecule has 2 heterocycles. The average molecular weight is 730 g/mol. The third-order valence-corrected chi connectivity index (χ3v) is 10.1. The Morgan fingerprint density at radius 1 is 0.611 bits per heavy atom. The van der Waals surface area contributed by atoms with Crippen LogP contribution in [0.15, 0.2) is 97.1 Å². The van der Waals surface area contributed by atoms with Gasteiger partial charge in [0.1, 0.15) is 17.2 Å². The number of unbranched alkanes of at least 4 members (excludes halogenated alkanes) is 5. The van der Waals surface area contributed by atoms with Crippen molar-refractivity contribution >= 4 is 39.1 Å². The molecule has 2 unspecified atom stereocenters. The SMILES string of the molecule is CCCCCCN(C(=O)c1ccc2cc(OCCCCC3CO3)ccc2c1)c1cccc(OC(=O)c2ccc3cc(OCCCCC4CO4)ccc3c2)c1. The van der Waals surface area contributed by atoms with Crippen LogP contribution in [-0.4, -0.2) is 57.1 Å². The van der Waals surface area contributed by atoms with Gasteiger partial charge in [0.05, 0.1) is 44.2 Å². The van der Waals surface area contributed by atoms with Crippen LogP contribution in [0, 0.1) is 0 Å². The molecule has 0 aliphatic carbocycles. The molecule has 54 heavy (non-hydrogen) atoms. The molecule has 0 saturated carbocycles. The molecule has 1 amide bonds. The quantitative estimate of drug-likeness (QED) is 0.0321. The summed E-state index contributed by atoms with van der Waals surface area (Å²) in [6.07, 6.45) is 11.4. The molecule has 282 valence electrons. The zero-order valence-corrected chi connectivity index (χ0v) is 31.3.